The normalized spacial score (nSPS) is 15.4. The van der Waals surface area contributed by atoms with E-state index in [0.717, 1.165) is 0 Å². The van der Waals surface area contributed by atoms with Gasteiger partial charge in [-0.1, -0.05) is 0 Å². The van der Waals surface area contributed by atoms with Crippen LogP contribution < -0.4 is 5.32 Å². The van der Waals surface area contributed by atoms with E-state index in [0.29, 0.717) is 17.3 Å². The number of hydrogen-bond donors (Lipinski definition) is 1. The first kappa shape index (κ1) is 18.8. The topological polar surface area (TPSA) is 86.8 Å². The van der Waals surface area contributed by atoms with Gasteiger partial charge in [0.2, 0.25) is 21.8 Å². The van der Waals surface area contributed by atoms with Crippen LogP contribution in [0.25, 0.3) is 0 Å². The summed E-state index contributed by atoms with van der Waals surface area (Å²) in [6.45, 7) is 3.59. The number of carbonyl (C=O) groups excluding carboxylic acids is 2. The van der Waals surface area contributed by atoms with Gasteiger partial charge in [0.25, 0.3) is 0 Å². The number of thioether (sulfide) groups is 1. The Morgan fingerprint density at radius 2 is 1.96 bits per heavy atom. The van der Waals surface area contributed by atoms with Crippen molar-refractivity contribution < 1.29 is 18.0 Å². The second-order valence-electron chi connectivity index (χ2n) is 5.76. The Labute approximate surface area is 146 Å². The SMILES string of the molecule is CC(C)N(C)S(=O)(=O)c1ccc(NC(=O)CN2CSCC2=O)cc1. The van der Waals surface area contributed by atoms with Crippen LogP contribution in [0, 0.1) is 0 Å². The summed E-state index contributed by atoms with van der Waals surface area (Å²) < 4.78 is 26.0. The number of amides is 2. The van der Waals surface area contributed by atoms with Crippen LogP contribution >= 0.6 is 11.8 Å². The summed E-state index contributed by atoms with van der Waals surface area (Å²) >= 11 is 1.47. The molecule has 1 N–H and O–H groups in total. The Kier molecular flexibility index (Phi) is 5.89. The van der Waals surface area contributed by atoms with E-state index < -0.39 is 10.0 Å². The molecule has 9 heteroatoms. The van der Waals surface area contributed by atoms with Gasteiger partial charge in [-0.25, -0.2) is 8.42 Å². The van der Waals surface area contributed by atoms with Gasteiger partial charge in [0.1, 0.15) is 6.54 Å². The lowest BCUT2D eigenvalue weighted by Crippen LogP contribution is -2.34. The number of anilines is 1. The van der Waals surface area contributed by atoms with Crippen molar-refractivity contribution >= 4 is 39.3 Å². The van der Waals surface area contributed by atoms with Crippen LogP contribution in [-0.4, -0.2) is 60.7 Å². The third-order valence-electron chi connectivity index (χ3n) is 3.70. The van der Waals surface area contributed by atoms with Gasteiger partial charge in [-0.2, -0.15) is 4.31 Å². The molecule has 0 bridgehead atoms. The first-order valence-electron chi connectivity index (χ1n) is 7.45. The zero-order valence-corrected chi connectivity index (χ0v) is 15.5. The highest BCUT2D eigenvalue weighted by molar-refractivity contribution is 8.00. The molecule has 7 nitrogen and oxygen atoms in total. The number of rotatable bonds is 6. The van der Waals surface area contributed by atoms with Gasteiger partial charge in [0, 0.05) is 18.8 Å². The van der Waals surface area contributed by atoms with Crippen molar-refractivity contribution in [1.82, 2.24) is 9.21 Å². The molecule has 1 fully saturated rings. The second-order valence-corrected chi connectivity index (χ2v) is 8.71. The van der Waals surface area contributed by atoms with Crippen molar-refractivity contribution in [3.8, 4) is 0 Å². The average molecular weight is 371 g/mol. The first-order valence-corrected chi connectivity index (χ1v) is 10.0. The van der Waals surface area contributed by atoms with E-state index in [1.165, 1.54) is 40.1 Å². The molecule has 0 spiro atoms. The molecule has 1 saturated heterocycles. The van der Waals surface area contributed by atoms with E-state index >= 15 is 0 Å². The molecule has 0 radical (unpaired) electrons. The highest BCUT2D eigenvalue weighted by Gasteiger charge is 2.24. The molecule has 1 aromatic carbocycles. The van der Waals surface area contributed by atoms with E-state index in [9.17, 15) is 18.0 Å². The Bertz CT molecular complexity index is 717. The minimum Gasteiger partial charge on any atom is -0.325 e. The van der Waals surface area contributed by atoms with Crippen LogP contribution in [0.3, 0.4) is 0 Å². The van der Waals surface area contributed by atoms with Crippen molar-refractivity contribution in [2.75, 3.05) is 30.5 Å². The lowest BCUT2D eigenvalue weighted by atomic mass is 10.3. The van der Waals surface area contributed by atoms with E-state index in [2.05, 4.69) is 5.32 Å². The Morgan fingerprint density at radius 1 is 1.33 bits per heavy atom. The first-order chi connectivity index (χ1) is 11.2. The molecule has 132 valence electrons. The predicted octanol–water partition coefficient (Wildman–Crippen LogP) is 1.19. The molecular formula is C15H21N3O4S2. The van der Waals surface area contributed by atoms with Gasteiger partial charge in [0.15, 0.2) is 0 Å². The second kappa shape index (κ2) is 7.54. The van der Waals surface area contributed by atoms with E-state index in [-0.39, 0.29) is 29.3 Å². The monoisotopic (exact) mass is 371 g/mol. The van der Waals surface area contributed by atoms with Gasteiger partial charge < -0.3 is 10.2 Å². The number of carbonyl (C=O) groups is 2. The fourth-order valence-electron chi connectivity index (χ4n) is 2.07. The highest BCUT2D eigenvalue weighted by Crippen LogP contribution is 2.19. The van der Waals surface area contributed by atoms with E-state index in [4.69, 9.17) is 0 Å². The molecule has 1 heterocycles. The average Bonchev–Trinajstić information content (AvgIpc) is 2.92. The largest absolute Gasteiger partial charge is 0.325 e. The van der Waals surface area contributed by atoms with Crippen LogP contribution in [0.1, 0.15) is 13.8 Å². The van der Waals surface area contributed by atoms with E-state index in [1.54, 1.807) is 26.0 Å². The molecule has 0 saturated carbocycles. The summed E-state index contributed by atoms with van der Waals surface area (Å²) in [5.74, 6) is 0.572. The highest BCUT2D eigenvalue weighted by atomic mass is 32.2. The molecule has 0 atom stereocenters. The molecule has 0 aliphatic carbocycles. The molecule has 2 rings (SSSR count). The number of hydrogen-bond acceptors (Lipinski definition) is 5. The summed E-state index contributed by atoms with van der Waals surface area (Å²) in [6, 6.07) is 5.85. The van der Waals surface area contributed by atoms with Gasteiger partial charge >= 0.3 is 0 Å². The Morgan fingerprint density at radius 3 is 2.46 bits per heavy atom. The van der Waals surface area contributed by atoms with Crippen molar-refractivity contribution in [2.45, 2.75) is 24.8 Å². The number of nitrogens with one attached hydrogen (secondary N) is 1. The van der Waals surface area contributed by atoms with Crippen molar-refractivity contribution in [2.24, 2.45) is 0 Å². The molecular weight excluding hydrogens is 350 g/mol. The quantitative estimate of drug-likeness (QED) is 0.812. The Hall–Kier alpha value is -1.58. The molecule has 1 aliphatic heterocycles. The fourth-order valence-corrected chi connectivity index (χ4v) is 4.34. The van der Waals surface area contributed by atoms with Crippen molar-refractivity contribution in [3.05, 3.63) is 24.3 Å². The van der Waals surface area contributed by atoms with Gasteiger partial charge in [0.05, 0.1) is 16.5 Å². The van der Waals surface area contributed by atoms with Crippen LogP contribution in [0.15, 0.2) is 29.2 Å². The smallest absolute Gasteiger partial charge is 0.244 e. The molecule has 24 heavy (non-hydrogen) atoms. The Balaban J connectivity index is 2.01. The molecule has 0 unspecified atom stereocenters. The lowest BCUT2D eigenvalue weighted by Gasteiger charge is -2.21. The summed E-state index contributed by atoms with van der Waals surface area (Å²) in [5.41, 5.74) is 0.491. The maximum atomic E-state index is 12.4. The van der Waals surface area contributed by atoms with Crippen LogP contribution in [0.5, 0.6) is 0 Å². The summed E-state index contributed by atoms with van der Waals surface area (Å²) in [7, 11) is -2.02. The zero-order chi connectivity index (χ0) is 17.9. The fraction of sp³-hybridized carbons (Fsp3) is 0.467. The lowest BCUT2D eigenvalue weighted by molar-refractivity contribution is -0.130. The predicted molar refractivity (Wildman–Crippen MR) is 94.2 cm³/mol. The van der Waals surface area contributed by atoms with Crippen LogP contribution in [0.4, 0.5) is 5.69 Å². The van der Waals surface area contributed by atoms with Gasteiger partial charge in [-0.3, -0.25) is 9.59 Å². The van der Waals surface area contributed by atoms with E-state index in [1.807, 2.05) is 0 Å². The van der Waals surface area contributed by atoms with Crippen LogP contribution in [0.2, 0.25) is 0 Å². The standard InChI is InChI=1S/C15H21N3O4S2/c1-11(2)17(3)24(21,22)13-6-4-12(5-7-13)16-14(19)8-18-10-23-9-15(18)20/h4-7,11H,8-10H2,1-3H3,(H,16,19). The zero-order valence-electron chi connectivity index (χ0n) is 13.9. The molecule has 0 aromatic heterocycles. The summed E-state index contributed by atoms with van der Waals surface area (Å²) in [6.07, 6.45) is 0. The van der Waals surface area contributed by atoms with Crippen molar-refractivity contribution in [1.29, 1.82) is 0 Å². The van der Waals surface area contributed by atoms with Crippen LogP contribution in [-0.2, 0) is 19.6 Å². The maximum absolute atomic E-state index is 12.4. The number of sulfonamides is 1. The third kappa shape index (κ3) is 4.28. The summed E-state index contributed by atoms with van der Waals surface area (Å²) in [5, 5.41) is 2.67. The minimum absolute atomic E-state index is 0.00195. The van der Waals surface area contributed by atoms with Gasteiger partial charge in [-0.05, 0) is 38.1 Å². The number of benzene rings is 1. The molecule has 1 aliphatic rings. The maximum Gasteiger partial charge on any atom is 0.244 e. The summed E-state index contributed by atoms with van der Waals surface area (Å²) in [4.78, 5) is 25.1. The molecule has 1 aromatic rings. The number of nitrogens with zero attached hydrogens (tertiary/aromatic N) is 2. The minimum atomic E-state index is -3.54. The third-order valence-corrected chi connectivity index (χ3v) is 6.70. The van der Waals surface area contributed by atoms with Crippen molar-refractivity contribution in [3.63, 3.8) is 0 Å². The van der Waals surface area contributed by atoms with Gasteiger partial charge in [-0.15, -0.1) is 11.8 Å². The molecule has 2 amide bonds.